The first-order chi connectivity index (χ1) is 13.8. The van der Waals surface area contributed by atoms with E-state index in [1.165, 1.54) is 0 Å². The SMILES string of the molecule is Cc1cccc(C)c1NC(=O)Nc1ccc(N2CCCC2)c(C(=O)NC(C)C)c1. The van der Waals surface area contributed by atoms with Crippen molar-refractivity contribution in [1.29, 1.82) is 0 Å². The number of anilines is 3. The maximum absolute atomic E-state index is 12.8. The number of hydrogen-bond acceptors (Lipinski definition) is 3. The average Bonchev–Trinajstić information content (AvgIpc) is 3.19. The van der Waals surface area contributed by atoms with E-state index < -0.39 is 0 Å². The number of benzene rings is 2. The Morgan fingerprint density at radius 3 is 2.24 bits per heavy atom. The first kappa shape index (κ1) is 20.7. The molecule has 2 aromatic rings. The van der Waals surface area contributed by atoms with Gasteiger partial charge in [-0.2, -0.15) is 0 Å². The minimum Gasteiger partial charge on any atom is -0.371 e. The van der Waals surface area contributed by atoms with Gasteiger partial charge < -0.3 is 20.9 Å². The summed E-state index contributed by atoms with van der Waals surface area (Å²) in [5, 5.41) is 8.74. The molecule has 0 saturated carbocycles. The standard InChI is InChI=1S/C23H30N4O2/c1-15(2)24-22(28)19-14-18(10-11-20(19)27-12-5-6-13-27)25-23(29)26-21-16(3)8-7-9-17(21)4/h7-11,14-15H,5-6,12-13H2,1-4H3,(H,24,28)(H2,25,26,29). The molecule has 0 aromatic heterocycles. The number of nitrogens with zero attached hydrogens (tertiary/aromatic N) is 1. The van der Waals surface area contributed by atoms with Crippen LogP contribution in [0.1, 0.15) is 48.2 Å². The Kier molecular flexibility index (Phi) is 6.42. The number of urea groups is 1. The molecule has 154 valence electrons. The van der Waals surface area contributed by atoms with Crippen LogP contribution in [0.2, 0.25) is 0 Å². The molecule has 0 aliphatic carbocycles. The lowest BCUT2D eigenvalue weighted by molar-refractivity contribution is 0.0943. The quantitative estimate of drug-likeness (QED) is 0.689. The number of amides is 3. The Morgan fingerprint density at radius 1 is 0.966 bits per heavy atom. The van der Waals surface area contributed by atoms with Gasteiger partial charge >= 0.3 is 6.03 Å². The maximum atomic E-state index is 12.8. The molecule has 1 aliphatic rings. The average molecular weight is 395 g/mol. The summed E-state index contributed by atoms with van der Waals surface area (Å²) < 4.78 is 0. The van der Waals surface area contributed by atoms with E-state index in [-0.39, 0.29) is 18.0 Å². The molecular weight excluding hydrogens is 364 g/mol. The van der Waals surface area contributed by atoms with Crippen molar-refractivity contribution in [2.45, 2.75) is 46.6 Å². The molecule has 0 radical (unpaired) electrons. The monoisotopic (exact) mass is 394 g/mol. The summed E-state index contributed by atoms with van der Waals surface area (Å²) in [7, 11) is 0. The van der Waals surface area contributed by atoms with Crippen molar-refractivity contribution >= 4 is 29.0 Å². The molecule has 0 unspecified atom stereocenters. The topological polar surface area (TPSA) is 73.5 Å². The van der Waals surface area contributed by atoms with Crippen LogP contribution in [0.15, 0.2) is 36.4 Å². The molecule has 0 bridgehead atoms. The Morgan fingerprint density at radius 2 is 1.62 bits per heavy atom. The van der Waals surface area contributed by atoms with Crippen LogP contribution in [0.25, 0.3) is 0 Å². The van der Waals surface area contributed by atoms with Crippen molar-refractivity contribution in [2.24, 2.45) is 0 Å². The fourth-order valence-electron chi connectivity index (χ4n) is 3.66. The summed E-state index contributed by atoms with van der Waals surface area (Å²) in [4.78, 5) is 27.6. The highest BCUT2D eigenvalue weighted by Gasteiger charge is 2.21. The van der Waals surface area contributed by atoms with Gasteiger partial charge in [0.2, 0.25) is 0 Å². The van der Waals surface area contributed by atoms with E-state index in [1.54, 1.807) is 6.07 Å². The van der Waals surface area contributed by atoms with E-state index >= 15 is 0 Å². The Balaban J connectivity index is 1.82. The fourth-order valence-corrected chi connectivity index (χ4v) is 3.66. The molecule has 3 rings (SSSR count). The summed E-state index contributed by atoms with van der Waals surface area (Å²) in [6.07, 6.45) is 2.26. The Hall–Kier alpha value is -3.02. The van der Waals surface area contributed by atoms with Crippen LogP contribution in [0.5, 0.6) is 0 Å². The van der Waals surface area contributed by atoms with Gasteiger partial charge in [-0.05, 0) is 69.9 Å². The van der Waals surface area contributed by atoms with E-state index in [1.807, 2.05) is 58.0 Å². The smallest absolute Gasteiger partial charge is 0.323 e. The number of para-hydroxylation sites is 1. The van der Waals surface area contributed by atoms with E-state index in [0.717, 1.165) is 48.4 Å². The molecule has 1 heterocycles. The van der Waals surface area contributed by atoms with Crippen LogP contribution in [-0.4, -0.2) is 31.1 Å². The van der Waals surface area contributed by atoms with Crippen molar-refractivity contribution < 1.29 is 9.59 Å². The first-order valence-electron chi connectivity index (χ1n) is 10.2. The van der Waals surface area contributed by atoms with Gasteiger partial charge in [-0.15, -0.1) is 0 Å². The number of carbonyl (C=O) groups is 2. The molecule has 1 fully saturated rings. The highest BCUT2D eigenvalue weighted by Crippen LogP contribution is 2.28. The third-order valence-corrected chi connectivity index (χ3v) is 5.09. The molecule has 3 N–H and O–H groups in total. The van der Waals surface area contributed by atoms with E-state index in [9.17, 15) is 9.59 Å². The van der Waals surface area contributed by atoms with Gasteiger partial charge in [-0.25, -0.2) is 4.79 Å². The molecule has 0 atom stereocenters. The first-order valence-corrected chi connectivity index (χ1v) is 10.2. The van der Waals surface area contributed by atoms with Crippen LogP contribution in [0.4, 0.5) is 21.9 Å². The van der Waals surface area contributed by atoms with Gasteiger partial charge in [-0.3, -0.25) is 4.79 Å². The zero-order valence-corrected chi connectivity index (χ0v) is 17.6. The molecular formula is C23H30N4O2. The highest BCUT2D eigenvalue weighted by atomic mass is 16.2. The summed E-state index contributed by atoms with van der Waals surface area (Å²) in [6, 6.07) is 11.1. The van der Waals surface area contributed by atoms with Crippen molar-refractivity contribution in [3.05, 3.63) is 53.1 Å². The molecule has 29 heavy (non-hydrogen) atoms. The lowest BCUT2D eigenvalue weighted by atomic mass is 10.1. The van der Waals surface area contributed by atoms with Gasteiger partial charge in [0, 0.05) is 36.2 Å². The van der Waals surface area contributed by atoms with Gasteiger partial charge in [-0.1, -0.05) is 18.2 Å². The van der Waals surface area contributed by atoms with E-state index in [4.69, 9.17) is 0 Å². The number of hydrogen-bond donors (Lipinski definition) is 3. The summed E-state index contributed by atoms with van der Waals surface area (Å²) in [5.41, 5.74) is 4.90. The van der Waals surface area contributed by atoms with Gasteiger partial charge in [0.1, 0.15) is 0 Å². The molecule has 1 saturated heterocycles. The zero-order valence-electron chi connectivity index (χ0n) is 17.6. The van der Waals surface area contributed by atoms with Gasteiger partial charge in [0.15, 0.2) is 0 Å². The normalized spacial score (nSPS) is 13.5. The summed E-state index contributed by atoms with van der Waals surface area (Å²) in [5.74, 6) is -0.124. The lowest BCUT2D eigenvalue weighted by Crippen LogP contribution is -2.32. The third-order valence-electron chi connectivity index (χ3n) is 5.09. The lowest BCUT2D eigenvalue weighted by Gasteiger charge is -2.22. The summed E-state index contributed by atoms with van der Waals surface area (Å²) >= 11 is 0. The van der Waals surface area contributed by atoms with E-state index in [2.05, 4.69) is 20.9 Å². The van der Waals surface area contributed by atoms with Crippen molar-refractivity contribution in [2.75, 3.05) is 28.6 Å². The second-order valence-corrected chi connectivity index (χ2v) is 7.90. The highest BCUT2D eigenvalue weighted by molar-refractivity contribution is 6.04. The van der Waals surface area contributed by atoms with E-state index in [0.29, 0.717) is 11.3 Å². The number of nitrogens with one attached hydrogen (secondary N) is 3. The fraction of sp³-hybridized carbons (Fsp3) is 0.391. The summed E-state index contributed by atoms with van der Waals surface area (Å²) in [6.45, 7) is 9.69. The molecule has 6 nitrogen and oxygen atoms in total. The van der Waals surface area contributed by atoms with Crippen molar-refractivity contribution in [3.8, 4) is 0 Å². The third kappa shape index (κ3) is 5.08. The second kappa shape index (κ2) is 8.99. The van der Waals surface area contributed by atoms with Gasteiger partial charge in [0.25, 0.3) is 5.91 Å². The van der Waals surface area contributed by atoms with Crippen LogP contribution in [0.3, 0.4) is 0 Å². The van der Waals surface area contributed by atoms with Crippen molar-refractivity contribution in [3.63, 3.8) is 0 Å². The molecule has 0 spiro atoms. The molecule has 2 aromatic carbocycles. The Labute approximate surface area is 172 Å². The zero-order chi connectivity index (χ0) is 21.0. The molecule has 3 amide bonds. The van der Waals surface area contributed by atoms with Gasteiger partial charge in [0.05, 0.1) is 5.56 Å². The number of aryl methyl sites for hydroxylation is 2. The largest absolute Gasteiger partial charge is 0.371 e. The minimum atomic E-state index is -0.327. The molecule has 1 aliphatic heterocycles. The van der Waals surface area contributed by atoms with Crippen molar-refractivity contribution in [1.82, 2.24) is 5.32 Å². The minimum absolute atomic E-state index is 0.0397. The van der Waals surface area contributed by atoms with Crippen LogP contribution >= 0.6 is 0 Å². The molecule has 6 heteroatoms. The van der Waals surface area contributed by atoms with Crippen LogP contribution in [-0.2, 0) is 0 Å². The predicted octanol–water partition coefficient (Wildman–Crippen LogP) is 4.69. The number of rotatable bonds is 5. The van der Waals surface area contributed by atoms with Crippen LogP contribution < -0.4 is 20.9 Å². The maximum Gasteiger partial charge on any atom is 0.323 e. The Bertz CT molecular complexity index is 881. The number of carbonyl (C=O) groups excluding carboxylic acids is 2. The predicted molar refractivity (Wildman–Crippen MR) is 119 cm³/mol. The second-order valence-electron chi connectivity index (χ2n) is 7.90. The van der Waals surface area contributed by atoms with Crippen LogP contribution in [0, 0.1) is 13.8 Å².